The van der Waals surface area contributed by atoms with Crippen molar-refractivity contribution >= 4 is 27.5 Å². The molecule has 0 bridgehead atoms. The molecule has 2 N–H and O–H groups in total. The van der Waals surface area contributed by atoms with Crippen molar-refractivity contribution in [3.8, 4) is 5.75 Å². The molecule has 7 heteroatoms. The van der Waals surface area contributed by atoms with Crippen LogP contribution in [-0.4, -0.2) is 23.9 Å². The molecule has 0 fully saturated rings. The van der Waals surface area contributed by atoms with Crippen molar-refractivity contribution in [2.75, 3.05) is 0 Å². The molecule has 0 aliphatic carbocycles. The molecule has 0 aromatic heterocycles. The van der Waals surface area contributed by atoms with Crippen LogP contribution in [0, 0.1) is 0 Å². The number of ketones is 1. The van der Waals surface area contributed by atoms with Gasteiger partial charge in [-0.05, 0) is 6.07 Å². The number of carbonyl (C=O) groups is 1. The van der Waals surface area contributed by atoms with Gasteiger partial charge in [0.05, 0.1) is 5.02 Å². The molecule has 0 atom stereocenters. The fraction of sp³-hybridized carbons (Fsp3) is 0. The van der Waals surface area contributed by atoms with Gasteiger partial charge in [0, 0.05) is 17.2 Å². The molecular formula is C13H9ClO5S. The summed E-state index contributed by atoms with van der Waals surface area (Å²) in [6.45, 7) is 0. The van der Waals surface area contributed by atoms with Crippen molar-refractivity contribution in [3.05, 3.63) is 58.6 Å². The maximum atomic E-state index is 12.2. The van der Waals surface area contributed by atoms with Crippen LogP contribution in [-0.2, 0) is 10.1 Å². The van der Waals surface area contributed by atoms with Gasteiger partial charge >= 0.3 is 0 Å². The van der Waals surface area contributed by atoms with Crippen molar-refractivity contribution in [1.82, 2.24) is 0 Å². The molecule has 0 saturated carbocycles. The van der Waals surface area contributed by atoms with Gasteiger partial charge in [0.1, 0.15) is 10.6 Å². The van der Waals surface area contributed by atoms with Crippen molar-refractivity contribution in [1.29, 1.82) is 0 Å². The normalized spacial score (nSPS) is 11.3. The van der Waals surface area contributed by atoms with Gasteiger partial charge in [-0.15, -0.1) is 0 Å². The Hall–Kier alpha value is -1.89. The van der Waals surface area contributed by atoms with E-state index in [0.717, 1.165) is 12.1 Å². The second kappa shape index (κ2) is 5.24. The number of halogens is 1. The first-order chi connectivity index (χ1) is 9.30. The minimum absolute atomic E-state index is 0.203. The lowest BCUT2D eigenvalue weighted by Crippen LogP contribution is -2.06. The predicted molar refractivity (Wildman–Crippen MR) is 72.8 cm³/mol. The largest absolute Gasteiger partial charge is 0.508 e. The highest BCUT2D eigenvalue weighted by molar-refractivity contribution is 7.86. The summed E-state index contributed by atoms with van der Waals surface area (Å²) in [7, 11) is -4.64. The first-order valence-corrected chi connectivity index (χ1v) is 7.22. The van der Waals surface area contributed by atoms with Crippen molar-refractivity contribution in [3.63, 3.8) is 0 Å². The maximum Gasteiger partial charge on any atom is 0.296 e. The Kier molecular flexibility index (Phi) is 3.80. The first-order valence-electron chi connectivity index (χ1n) is 5.40. The average Bonchev–Trinajstić information content (AvgIpc) is 2.40. The van der Waals surface area contributed by atoms with Crippen molar-refractivity contribution in [2.24, 2.45) is 0 Å². The summed E-state index contributed by atoms with van der Waals surface area (Å²) in [4.78, 5) is 11.5. The molecule has 20 heavy (non-hydrogen) atoms. The van der Waals surface area contributed by atoms with E-state index in [1.54, 1.807) is 18.2 Å². The SMILES string of the molecule is O=C(c1ccccc1)c1cc(O)cc(S(=O)(=O)O)c1Cl. The number of hydrogen-bond acceptors (Lipinski definition) is 4. The van der Waals surface area contributed by atoms with Gasteiger partial charge in [0.25, 0.3) is 10.1 Å². The summed E-state index contributed by atoms with van der Waals surface area (Å²) in [6, 6.07) is 9.85. The zero-order chi connectivity index (χ0) is 14.9. The van der Waals surface area contributed by atoms with Gasteiger partial charge in [-0.2, -0.15) is 8.42 Å². The van der Waals surface area contributed by atoms with Crippen LogP contribution < -0.4 is 0 Å². The summed E-state index contributed by atoms with van der Waals surface area (Å²) in [6.07, 6.45) is 0. The number of aromatic hydroxyl groups is 1. The number of hydrogen-bond donors (Lipinski definition) is 2. The number of rotatable bonds is 3. The standard InChI is InChI=1S/C13H9ClO5S/c14-12-10(13(16)8-4-2-1-3-5-8)6-9(15)7-11(12)20(17,18)19/h1-7,15H,(H,17,18,19). The second-order valence-electron chi connectivity index (χ2n) is 3.98. The van der Waals surface area contributed by atoms with Crippen LogP contribution in [0.4, 0.5) is 0 Å². The highest BCUT2D eigenvalue weighted by Gasteiger charge is 2.23. The summed E-state index contributed by atoms with van der Waals surface area (Å²) in [5.74, 6) is -1.04. The van der Waals surface area contributed by atoms with Gasteiger partial charge in [-0.3, -0.25) is 9.35 Å². The van der Waals surface area contributed by atoms with E-state index in [1.165, 1.54) is 12.1 Å². The van der Waals surface area contributed by atoms with Crippen LogP contribution >= 0.6 is 11.6 Å². The highest BCUT2D eigenvalue weighted by atomic mass is 35.5. The van der Waals surface area contributed by atoms with Gasteiger partial charge in [0.2, 0.25) is 0 Å². The first kappa shape index (κ1) is 14.5. The Labute approximate surface area is 120 Å². The molecule has 0 aliphatic heterocycles. The molecule has 0 saturated heterocycles. The van der Waals surface area contributed by atoms with Crippen LogP contribution in [0.2, 0.25) is 5.02 Å². The molecule has 2 aromatic carbocycles. The molecular weight excluding hydrogens is 304 g/mol. The Morgan fingerprint density at radius 1 is 1.10 bits per heavy atom. The highest BCUT2D eigenvalue weighted by Crippen LogP contribution is 2.31. The molecule has 0 unspecified atom stereocenters. The van der Waals surface area contributed by atoms with Gasteiger partial charge < -0.3 is 5.11 Å². The molecule has 0 spiro atoms. The molecule has 2 rings (SSSR count). The van der Waals surface area contributed by atoms with Crippen LogP contribution in [0.15, 0.2) is 47.4 Å². The van der Waals surface area contributed by atoms with Crippen LogP contribution in [0.25, 0.3) is 0 Å². The minimum atomic E-state index is -4.64. The second-order valence-corrected chi connectivity index (χ2v) is 5.74. The third kappa shape index (κ3) is 2.82. The molecule has 0 amide bonds. The number of benzene rings is 2. The zero-order valence-corrected chi connectivity index (χ0v) is 11.5. The Morgan fingerprint density at radius 3 is 2.25 bits per heavy atom. The minimum Gasteiger partial charge on any atom is -0.508 e. The number of carbonyl (C=O) groups excluding carboxylic acids is 1. The van der Waals surface area contributed by atoms with Gasteiger partial charge in [-0.25, -0.2) is 0 Å². The van der Waals surface area contributed by atoms with Crippen molar-refractivity contribution < 1.29 is 22.9 Å². The van der Waals surface area contributed by atoms with E-state index in [-0.39, 0.29) is 11.1 Å². The monoisotopic (exact) mass is 312 g/mol. The van der Waals surface area contributed by atoms with E-state index in [2.05, 4.69) is 0 Å². The number of phenols is 1. The Bertz CT molecular complexity index is 769. The lowest BCUT2D eigenvalue weighted by atomic mass is 10.0. The number of phenolic OH excluding ortho intramolecular Hbond substituents is 1. The van der Waals surface area contributed by atoms with E-state index >= 15 is 0 Å². The Balaban J connectivity index is 2.65. The van der Waals surface area contributed by atoms with E-state index in [4.69, 9.17) is 16.2 Å². The predicted octanol–water partition coefficient (Wildman–Crippen LogP) is 2.52. The van der Waals surface area contributed by atoms with Crippen LogP contribution in [0.5, 0.6) is 5.75 Å². The molecule has 104 valence electrons. The summed E-state index contributed by atoms with van der Waals surface area (Å²) >= 11 is 5.84. The van der Waals surface area contributed by atoms with E-state index < -0.39 is 31.6 Å². The molecule has 5 nitrogen and oxygen atoms in total. The summed E-state index contributed by atoms with van der Waals surface area (Å²) in [5, 5.41) is 9.06. The molecule has 0 radical (unpaired) electrons. The fourth-order valence-corrected chi connectivity index (χ4v) is 2.77. The lowest BCUT2D eigenvalue weighted by Gasteiger charge is -2.08. The van der Waals surface area contributed by atoms with E-state index in [9.17, 15) is 18.3 Å². The zero-order valence-electron chi connectivity index (χ0n) is 9.95. The van der Waals surface area contributed by atoms with Gasteiger partial charge in [0.15, 0.2) is 5.78 Å². The summed E-state index contributed by atoms with van der Waals surface area (Å²) in [5.41, 5.74) is 0.0757. The lowest BCUT2D eigenvalue weighted by molar-refractivity contribution is 0.103. The van der Waals surface area contributed by atoms with Crippen molar-refractivity contribution in [2.45, 2.75) is 4.90 Å². The average molecular weight is 313 g/mol. The molecule has 0 heterocycles. The van der Waals surface area contributed by atoms with Crippen LogP contribution in [0.1, 0.15) is 15.9 Å². The molecule has 2 aromatic rings. The van der Waals surface area contributed by atoms with Crippen LogP contribution in [0.3, 0.4) is 0 Å². The maximum absolute atomic E-state index is 12.2. The summed E-state index contributed by atoms with van der Waals surface area (Å²) < 4.78 is 31.4. The third-order valence-corrected chi connectivity index (χ3v) is 3.98. The quantitative estimate of drug-likeness (QED) is 0.671. The Morgan fingerprint density at radius 2 is 1.70 bits per heavy atom. The fourth-order valence-electron chi connectivity index (χ4n) is 1.68. The van der Waals surface area contributed by atoms with E-state index in [1.807, 2.05) is 0 Å². The third-order valence-electron chi connectivity index (χ3n) is 2.58. The topological polar surface area (TPSA) is 91.7 Å². The van der Waals surface area contributed by atoms with E-state index in [0.29, 0.717) is 0 Å². The smallest absolute Gasteiger partial charge is 0.296 e. The molecule has 0 aliphatic rings. The van der Waals surface area contributed by atoms with Gasteiger partial charge in [-0.1, -0.05) is 41.9 Å².